The average molecular weight is 310 g/mol. The van der Waals surface area contributed by atoms with Gasteiger partial charge in [-0.25, -0.2) is 0 Å². The van der Waals surface area contributed by atoms with Crippen LogP contribution < -0.4 is 4.74 Å². The molecular weight excluding hydrogens is 292 g/mol. The molecule has 0 bridgehead atoms. The number of fused-ring (bicyclic) bond motifs is 1. The van der Waals surface area contributed by atoms with Crippen molar-refractivity contribution in [3.8, 4) is 11.1 Å². The SMILES string of the molecule is C=C(C)Oc1cc2c(s1)CCN(Cc1ccc(C#N)cc1)C2. The molecule has 1 aliphatic rings. The summed E-state index contributed by atoms with van der Waals surface area (Å²) in [5.41, 5.74) is 3.32. The number of hydrogen-bond donors (Lipinski definition) is 0. The second-order valence-electron chi connectivity index (χ2n) is 5.59. The molecule has 2 aromatic rings. The van der Waals surface area contributed by atoms with Gasteiger partial charge in [-0.15, -0.1) is 11.3 Å². The number of benzene rings is 1. The van der Waals surface area contributed by atoms with E-state index in [1.807, 2.05) is 31.2 Å². The molecule has 0 amide bonds. The highest BCUT2D eigenvalue weighted by molar-refractivity contribution is 7.14. The summed E-state index contributed by atoms with van der Waals surface area (Å²) in [6.07, 6.45) is 1.07. The fourth-order valence-electron chi connectivity index (χ4n) is 2.66. The van der Waals surface area contributed by atoms with Crippen molar-refractivity contribution in [2.75, 3.05) is 6.54 Å². The van der Waals surface area contributed by atoms with Gasteiger partial charge in [-0.05, 0) is 42.7 Å². The number of hydrogen-bond acceptors (Lipinski definition) is 4. The van der Waals surface area contributed by atoms with Gasteiger partial charge in [-0.3, -0.25) is 4.90 Å². The minimum absolute atomic E-state index is 0.712. The fraction of sp³-hybridized carbons (Fsp3) is 0.278. The first-order valence-electron chi connectivity index (χ1n) is 7.30. The Labute approximate surface area is 135 Å². The number of ether oxygens (including phenoxy) is 1. The minimum atomic E-state index is 0.712. The maximum atomic E-state index is 8.85. The quantitative estimate of drug-likeness (QED) is 0.798. The van der Waals surface area contributed by atoms with E-state index in [9.17, 15) is 0 Å². The molecule has 1 aromatic heterocycles. The molecule has 112 valence electrons. The second-order valence-corrected chi connectivity index (χ2v) is 6.69. The monoisotopic (exact) mass is 310 g/mol. The highest BCUT2D eigenvalue weighted by atomic mass is 32.1. The summed E-state index contributed by atoms with van der Waals surface area (Å²) < 4.78 is 5.62. The Balaban J connectivity index is 1.67. The normalized spacial score (nSPS) is 14.2. The molecule has 0 spiro atoms. The van der Waals surface area contributed by atoms with Gasteiger partial charge in [0.2, 0.25) is 0 Å². The standard InChI is InChI=1S/C18H18N2OS/c1-13(2)21-18-9-16-12-20(8-7-17(16)22-18)11-15-5-3-14(10-19)4-6-15/h3-6,9H,1,7-8,11-12H2,2H3. The van der Waals surface area contributed by atoms with Crippen molar-refractivity contribution in [3.05, 3.63) is 64.2 Å². The summed E-state index contributed by atoms with van der Waals surface area (Å²) in [5, 5.41) is 9.79. The summed E-state index contributed by atoms with van der Waals surface area (Å²) in [5.74, 6) is 0.730. The summed E-state index contributed by atoms with van der Waals surface area (Å²) >= 11 is 1.73. The van der Waals surface area contributed by atoms with E-state index in [4.69, 9.17) is 10.00 Å². The summed E-state index contributed by atoms with van der Waals surface area (Å²) in [6.45, 7) is 8.58. The van der Waals surface area contributed by atoms with Crippen LogP contribution >= 0.6 is 11.3 Å². The van der Waals surface area contributed by atoms with Crippen LogP contribution in [-0.2, 0) is 19.5 Å². The highest BCUT2D eigenvalue weighted by Crippen LogP contribution is 2.34. The van der Waals surface area contributed by atoms with Crippen molar-refractivity contribution in [2.24, 2.45) is 0 Å². The third-order valence-electron chi connectivity index (χ3n) is 3.69. The first-order chi connectivity index (χ1) is 10.6. The Morgan fingerprint density at radius 2 is 2.18 bits per heavy atom. The molecule has 0 N–H and O–H groups in total. The first-order valence-corrected chi connectivity index (χ1v) is 8.12. The number of rotatable bonds is 4. The van der Waals surface area contributed by atoms with Crippen molar-refractivity contribution < 1.29 is 4.74 Å². The van der Waals surface area contributed by atoms with Crippen molar-refractivity contribution in [3.63, 3.8) is 0 Å². The lowest BCUT2D eigenvalue weighted by Crippen LogP contribution is -2.29. The third kappa shape index (κ3) is 3.38. The van der Waals surface area contributed by atoms with Gasteiger partial charge in [0.25, 0.3) is 0 Å². The Bertz CT molecular complexity index is 725. The van der Waals surface area contributed by atoms with Crippen LogP contribution in [0.1, 0.15) is 28.5 Å². The molecule has 3 nitrogen and oxygen atoms in total. The Morgan fingerprint density at radius 1 is 1.41 bits per heavy atom. The zero-order chi connectivity index (χ0) is 15.5. The molecule has 0 fully saturated rings. The highest BCUT2D eigenvalue weighted by Gasteiger charge is 2.20. The third-order valence-corrected chi connectivity index (χ3v) is 4.80. The van der Waals surface area contributed by atoms with E-state index in [0.29, 0.717) is 5.56 Å². The molecule has 2 heterocycles. The lowest BCUT2D eigenvalue weighted by Gasteiger charge is -2.26. The Hall–Kier alpha value is -2.09. The van der Waals surface area contributed by atoms with E-state index in [2.05, 4.69) is 23.6 Å². The predicted molar refractivity (Wildman–Crippen MR) is 88.7 cm³/mol. The maximum Gasteiger partial charge on any atom is 0.180 e. The van der Waals surface area contributed by atoms with Gasteiger partial charge < -0.3 is 4.74 Å². The largest absolute Gasteiger partial charge is 0.452 e. The predicted octanol–water partition coefficient (Wildman–Crippen LogP) is 4.09. The average Bonchev–Trinajstić information content (AvgIpc) is 2.88. The molecule has 0 atom stereocenters. The Morgan fingerprint density at radius 3 is 2.86 bits per heavy atom. The minimum Gasteiger partial charge on any atom is -0.452 e. The van der Waals surface area contributed by atoms with E-state index < -0.39 is 0 Å². The van der Waals surface area contributed by atoms with E-state index >= 15 is 0 Å². The van der Waals surface area contributed by atoms with Gasteiger partial charge in [0.05, 0.1) is 17.4 Å². The van der Waals surface area contributed by atoms with E-state index in [-0.39, 0.29) is 0 Å². The molecular formula is C18H18N2OS. The molecule has 0 unspecified atom stereocenters. The van der Waals surface area contributed by atoms with Crippen molar-refractivity contribution in [2.45, 2.75) is 26.4 Å². The smallest absolute Gasteiger partial charge is 0.180 e. The van der Waals surface area contributed by atoms with Crippen LogP contribution in [0.3, 0.4) is 0 Å². The molecule has 22 heavy (non-hydrogen) atoms. The van der Waals surface area contributed by atoms with Crippen LogP contribution in [0.15, 0.2) is 42.7 Å². The first kappa shape index (κ1) is 14.8. The molecule has 1 aliphatic heterocycles. The fourth-order valence-corrected chi connectivity index (χ4v) is 3.74. The summed E-state index contributed by atoms with van der Waals surface area (Å²) in [6, 6.07) is 12.1. The summed E-state index contributed by atoms with van der Waals surface area (Å²) in [4.78, 5) is 3.85. The van der Waals surface area contributed by atoms with E-state index in [1.165, 1.54) is 16.0 Å². The number of nitrogens with zero attached hydrogens (tertiary/aromatic N) is 2. The van der Waals surface area contributed by atoms with Gasteiger partial charge in [-0.1, -0.05) is 18.7 Å². The van der Waals surface area contributed by atoms with Crippen LogP contribution in [0.2, 0.25) is 0 Å². The van der Waals surface area contributed by atoms with Crippen LogP contribution in [0.5, 0.6) is 5.06 Å². The number of nitriles is 1. The zero-order valence-electron chi connectivity index (χ0n) is 12.6. The van der Waals surface area contributed by atoms with Gasteiger partial charge in [0.15, 0.2) is 5.06 Å². The lowest BCUT2D eigenvalue weighted by molar-refractivity contribution is 0.247. The van der Waals surface area contributed by atoms with E-state index in [1.54, 1.807) is 11.3 Å². The molecule has 0 saturated carbocycles. The molecule has 4 heteroatoms. The second kappa shape index (κ2) is 6.35. The van der Waals surface area contributed by atoms with Crippen molar-refractivity contribution in [1.29, 1.82) is 5.26 Å². The molecule has 0 saturated heterocycles. The van der Waals surface area contributed by atoms with Gasteiger partial charge in [0, 0.05) is 24.5 Å². The summed E-state index contributed by atoms with van der Waals surface area (Å²) in [7, 11) is 0. The number of thiophene rings is 1. The lowest BCUT2D eigenvalue weighted by atomic mass is 10.1. The molecule has 1 aromatic carbocycles. The van der Waals surface area contributed by atoms with Crippen molar-refractivity contribution >= 4 is 11.3 Å². The Kier molecular flexibility index (Phi) is 4.28. The van der Waals surface area contributed by atoms with Crippen LogP contribution in [0.4, 0.5) is 0 Å². The van der Waals surface area contributed by atoms with E-state index in [0.717, 1.165) is 36.9 Å². The zero-order valence-corrected chi connectivity index (χ0v) is 13.4. The van der Waals surface area contributed by atoms with Crippen LogP contribution in [-0.4, -0.2) is 11.4 Å². The van der Waals surface area contributed by atoms with Crippen LogP contribution in [0, 0.1) is 11.3 Å². The van der Waals surface area contributed by atoms with Gasteiger partial charge in [0.1, 0.15) is 0 Å². The molecule has 0 aliphatic carbocycles. The van der Waals surface area contributed by atoms with Crippen molar-refractivity contribution in [1.82, 2.24) is 4.90 Å². The van der Waals surface area contributed by atoms with Gasteiger partial charge >= 0.3 is 0 Å². The molecule has 3 rings (SSSR count). The maximum absolute atomic E-state index is 8.85. The van der Waals surface area contributed by atoms with Gasteiger partial charge in [-0.2, -0.15) is 5.26 Å². The number of allylic oxidation sites excluding steroid dienone is 1. The molecule has 0 radical (unpaired) electrons. The van der Waals surface area contributed by atoms with Crippen LogP contribution in [0.25, 0.3) is 0 Å². The topological polar surface area (TPSA) is 36.3 Å².